The Balaban J connectivity index is 2.11. The van der Waals surface area contributed by atoms with Crippen LogP contribution in [0.3, 0.4) is 0 Å². The molecule has 1 aliphatic heterocycles. The molecule has 0 aliphatic carbocycles. The maximum atomic E-state index is 13.5. The van der Waals surface area contributed by atoms with Gasteiger partial charge in [-0.2, -0.15) is 0 Å². The van der Waals surface area contributed by atoms with Crippen molar-refractivity contribution in [2.75, 3.05) is 5.01 Å². The minimum Gasteiger partial charge on any atom is -0.267 e. The van der Waals surface area contributed by atoms with Crippen LogP contribution in [0.25, 0.3) is 29.6 Å². The first-order valence-corrected chi connectivity index (χ1v) is 10.7. The van der Waals surface area contributed by atoms with Crippen molar-refractivity contribution >= 4 is 93.5 Å². The summed E-state index contributed by atoms with van der Waals surface area (Å²) in [6.45, 7) is 17.9. The normalized spacial score (nSPS) is 13.7. The van der Waals surface area contributed by atoms with E-state index in [2.05, 4.69) is 19.7 Å². The van der Waals surface area contributed by atoms with Crippen LogP contribution in [-0.4, -0.2) is 10.6 Å². The first-order chi connectivity index (χ1) is 13.9. The Labute approximate surface area is 198 Å². The van der Waals surface area contributed by atoms with Crippen LogP contribution >= 0.6 is 58.0 Å². The molecule has 3 aromatic rings. The van der Waals surface area contributed by atoms with Gasteiger partial charge in [-0.15, -0.1) is 0 Å². The molecule has 0 bridgehead atoms. The molecule has 0 fully saturated rings. The summed E-state index contributed by atoms with van der Waals surface area (Å²) in [5.74, 6) is -0.372. The number of benzene rings is 2. The number of carbonyl (C=O) groups excluding carboxylic acids is 1. The number of aromatic nitrogens is 1. The minimum absolute atomic E-state index is 0.166. The van der Waals surface area contributed by atoms with Gasteiger partial charge in [-0.05, 0) is 37.5 Å². The highest BCUT2D eigenvalue weighted by atomic mass is 35.5. The first kappa shape index (κ1) is 21.6. The quantitative estimate of drug-likeness (QED) is 0.354. The second kappa shape index (κ2) is 6.94. The van der Waals surface area contributed by atoms with E-state index in [0.29, 0.717) is 53.9 Å². The zero-order chi connectivity index (χ0) is 22.4. The van der Waals surface area contributed by atoms with Gasteiger partial charge in [0.25, 0.3) is 5.91 Å². The molecule has 0 N–H and O–H groups in total. The third kappa shape index (κ3) is 2.50. The van der Waals surface area contributed by atoms with Crippen molar-refractivity contribution in [1.82, 2.24) is 4.68 Å². The van der Waals surface area contributed by atoms with Crippen LogP contribution in [0.5, 0.6) is 0 Å². The van der Waals surface area contributed by atoms with E-state index >= 15 is 0 Å². The highest BCUT2D eigenvalue weighted by molar-refractivity contribution is 6.50. The van der Waals surface area contributed by atoms with E-state index in [1.54, 1.807) is 11.6 Å². The van der Waals surface area contributed by atoms with Crippen molar-refractivity contribution in [3.63, 3.8) is 0 Å². The number of fused-ring (bicyclic) bond motifs is 2. The molecule has 30 heavy (non-hydrogen) atoms. The number of amides is 1. The molecule has 4 rings (SSSR count). The van der Waals surface area contributed by atoms with E-state index in [1.165, 1.54) is 5.01 Å². The lowest BCUT2D eigenvalue weighted by Crippen LogP contribution is -2.45. The third-order valence-corrected chi connectivity index (χ3v) is 8.07. The van der Waals surface area contributed by atoms with E-state index in [9.17, 15) is 4.79 Å². The van der Waals surface area contributed by atoms with Gasteiger partial charge in [0.1, 0.15) is 0 Å². The van der Waals surface area contributed by atoms with E-state index in [4.69, 9.17) is 58.0 Å². The first-order valence-electron chi connectivity index (χ1n) is 8.80. The zero-order valence-corrected chi connectivity index (χ0v) is 20.1. The molecule has 2 aromatic carbocycles. The molecule has 0 saturated carbocycles. The summed E-state index contributed by atoms with van der Waals surface area (Å²) in [7, 11) is 0. The zero-order valence-electron chi connectivity index (χ0n) is 16.3. The predicted octanol–water partition coefficient (Wildman–Crippen LogP) is 6.42. The van der Waals surface area contributed by atoms with Crippen LogP contribution in [0, 0.1) is 20.8 Å². The van der Waals surface area contributed by atoms with E-state index in [1.807, 2.05) is 13.8 Å². The van der Waals surface area contributed by atoms with Crippen molar-refractivity contribution < 1.29 is 4.79 Å². The van der Waals surface area contributed by atoms with Crippen molar-refractivity contribution in [2.45, 2.75) is 20.8 Å². The molecule has 1 aliphatic rings. The fraction of sp³-hybridized carbons (Fsp3) is 0.136. The number of rotatable bonds is 1. The van der Waals surface area contributed by atoms with Gasteiger partial charge in [0, 0.05) is 16.3 Å². The minimum atomic E-state index is -0.372. The highest BCUT2D eigenvalue weighted by Gasteiger charge is 2.39. The Bertz CT molecular complexity index is 1350. The van der Waals surface area contributed by atoms with Crippen molar-refractivity contribution in [2.24, 2.45) is 0 Å². The lowest BCUT2D eigenvalue weighted by atomic mass is 10.0. The Morgan fingerprint density at radius 2 is 1.10 bits per heavy atom. The summed E-state index contributed by atoms with van der Waals surface area (Å²) < 4.78 is 1.56. The summed E-state index contributed by atoms with van der Waals surface area (Å²) >= 11 is 32.3. The molecular weight excluding hydrogens is 486 g/mol. The summed E-state index contributed by atoms with van der Waals surface area (Å²) in [6.07, 6.45) is 0. The Morgan fingerprint density at radius 1 is 0.633 bits per heavy atom. The van der Waals surface area contributed by atoms with Crippen molar-refractivity contribution in [3.05, 3.63) is 70.2 Å². The van der Waals surface area contributed by atoms with Crippen LogP contribution in [0.15, 0.2) is 6.58 Å². The van der Waals surface area contributed by atoms with Crippen LogP contribution in [0.1, 0.15) is 32.6 Å². The van der Waals surface area contributed by atoms with Crippen LogP contribution in [0.4, 0.5) is 0 Å². The van der Waals surface area contributed by atoms with Gasteiger partial charge in [0.05, 0.1) is 47.1 Å². The molecule has 3 nitrogen and oxygen atoms in total. The smallest absolute Gasteiger partial charge is 0.267 e. The molecule has 0 unspecified atom stereocenters. The molecule has 8 heteroatoms. The summed E-state index contributed by atoms with van der Waals surface area (Å²) in [4.78, 5) is 13.5. The van der Waals surface area contributed by atoms with Crippen molar-refractivity contribution in [1.29, 1.82) is 0 Å². The highest BCUT2D eigenvalue weighted by Crippen LogP contribution is 2.45. The summed E-state index contributed by atoms with van der Waals surface area (Å²) in [5.41, 5.74) is 3.28. The van der Waals surface area contributed by atoms with Gasteiger partial charge < -0.3 is 0 Å². The molecule has 1 aromatic heterocycles. The molecule has 0 atom stereocenters. The number of nitrogens with zero attached hydrogens (tertiary/aromatic N) is 2. The van der Waals surface area contributed by atoms with Gasteiger partial charge in [0.2, 0.25) is 0 Å². The Kier molecular flexibility index (Phi) is 5.00. The van der Waals surface area contributed by atoms with Gasteiger partial charge in [-0.1, -0.05) is 77.7 Å². The average molecular weight is 501 g/mol. The monoisotopic (exact) mass is 498 g/mol. The third-order valence-electron chi connectivity index (χ3n) is 5.71. The molecule has 0 spiro atoms. The number of hydrogen-bond acceptors (Lipinski definition) is 1. The van der Waals surface area contributed by atoms with E-state index < -0.39 is 0 Å². The predicted molar refractivity (Wildman–Crippen MR) is 130 cm³/mol. The lowest BCUT2D eigenvalue weighted by Gasteiger charge is -2.20. The van der Waals surface area contributed by atoms with Crippen LogP contribution in [-0.2, 0) is 0 Å². The molecule has 0 radical (unpaired) electrons. The van der Waals surface area contributed by atoms with E-state index in [0.717, 1.165) is 11.1 Å². The molecule has 2 heterocycles. The molecular formula is C22H15Cl5N2O. The second-order valence-corrected chi connectivity index (χ2v) is 9.10. The molecule has 0 saturated heterocycles. The van der Waals surface area contributed by atoms with Crippen molar-refractivity contribution in [3.8, 4) is 0 Å². The largest absolute Gasteiger partial charge is 0.278 e. The lowest BCUT2D eigenvalue weighted by molar-refractivity contribution is 0.0982. The number of carbonyl (C=O) groups is 1. The van der Waals surface area contributed by atoms with Crippen LogP contribution < -0.4 is 15.7 Å². The summed E-state index contributed by atoms with van der Waals surface area (Å²) in [5, 5.41) is 5.11. The Morgan fingerprint density at radius 3 is 1.57 bits per heavy atom. The van der Waals surface area contributed by atoms with Crippen LogP contribution in [0.2, 0.25) is 25.1 Å². The average Bonchev–Trinajstić information content (AvgIpc) is 3.11. The topological polar surface area (TPSA) is 25.2 Å². The Hall–Kier alpha value is -1.62. The van der Waals surface area contributed by atoms with Gasteiger partial charge in [0.15, 0.2) is 0 Å². The van der Waals surface area contributed by atoms with Gasteiger partial charge >= 0.3 is 0 Å². The fourth-order valence-corrected chi connectivity index (χ4v) is 5.41. The maximum Gasteiger partial charge on any atom is 0.278 e. The summed E-state index contributed by atoms with van der Waals surface area (Å²) in [6, 6.07) is 0. The van der Waals surface area contributed by atoms with E-state index in [-0.39, 0.29) is 21.0 Å². The van der Waals surface area contributed by atoms with Gasteiger partial charge in [-0.25, -0.2) is 9.69 Å². The standard InChI is InChI=1S/C22H15Cl5N2O/c1-7-8(2)18(24)16-11(5)28(10(4)15(16)17(7)23)29-12(6)14-13(22(29)30)9(3)19(25)21(27)20(14)26/h4-6H2,1-3H3. The second-order valence-electron chi connectivity index (χ2n) is 7.21. The maximum absolute atomic E-state index is 13.5. The molecule has 154 valence electrons. The number of halogens is 5. The SMILES string of the molecule is C=C1c2c(Cl)c(Cl)c(Cl)c(C)c2C(=O)N1n1c(=C)c2c(Cl)c(C)c(C)c(Cl)c2c1=C. The molecule has 1 amide bonds. The van der Waals surface area contributed by atoms with Gasteiger partial charge in [-0.3, -0.25) is 4.79 Å². The fourth-order valence-electron chi connectivity index (χ4n) is 3.94. The number of hydrogen-bond donors (Lipinski definition) is 0.